The van der Waals surface area contributed by atoms with Crippen LogP contribution in [0.25, 0.3) is 0 Å². The molecule has 2 N–H and O–H groups in total. The van der Waals surface area contributed by atoms with E-state index < -0.39 is 17.8 Å². The Kier molecular flexibility index (Phi) is 3.03. The Morgan fingerprint density at radius 2 is 2.00 bits per heavy atom. The highest BCUT2D eigenvalue weighted by atomic mass is 16.4. The van der Waals surface area contributed by atoms with Crippen LogP contribution in [-0.4, -0.2) is 26.8 Å². The zero-order chi connectivity index (χ0) is 14.4. The van der Waals surface area contributed by atoms with E-state index in [4.69, 9.17) is 0 Å². The van der Waals surface area contributed by atoms with Crippen LogP contribution in [0.4, 0.5) is 5.69 Å². The second kappa shape index (κ2) is 4.61. The Bertz CT molecular complexity index is 566. The monoisotopic (exact) mass is 277 g/mol. The molecule has 1 amide bonds. The summed E-state index contributed by atoms with van der Waals surface area (Å²) in [5.74, 6) is -1.53. The minimum atomic E-state index is -0.833. The molecule has 6 heteroatoms. The third-order valence-electron chi connectivity index (χ3n) is 4.78. The normalized spacial score (nSPS) is 31.5. The number of aromatic nitrogens is 2. The number of nitrogens with one attached hydrogen (secondary N) is 1. The first-order chi connectivity index (χ1) is 9.47. The van der Waals surface area contributed by atoms with Crippen LogP contribution in [0.3, 0.4) is 0 Å². The van der Waals surface area contributed by atoms with E-state index in [2.05, 4.69) is 10.4 Å². The molecule has 2 saturated carbocycles. The van der Waals surface area contributed by atoms with Gasteiger partial charge in [-0.05, 0) is 38.0 Å². The maximum absolute atomic E-state index is 12.5. The maximum Gasteiger partial charge on any atom is 0.307 e. The van der Waals surface area contributed by atoms with Crippen molar-refractivity contribution in [2.24, 2.45) is 30.7 Å². The smallest absolute Gasteiger partial charge is 0.307 e. The molecule has 2 fully saturated rings. The summed E-state index contributed by atoms with van der Waals surface area (Å²) >= 11 is 0. The molecule has 1 heterocycles. The maximum atomic E-state index is 12.5. The number of rotatable bonds is 3. The summed E-state index contributed by atoms with van der Waals surface area (Å²) < 4.78 is 1.64. The molecule has 1 aromatic rings. The van der Waals surface area contributed by atoms with E-state index in [-0.39, 0.29) is 17.7 Å². The van der Waals surface area contributed by atoms with Crippen LogP contribution in [0.5, 0.6) is 0 Å². The summed E-state index contributed by atoms with van der Waals surface area (Å²) in [6.07, 6.45) is 4.53. The fourth-order valence-corrected chi connectivity index (χ4v) is 3.96. The summed E-state index contributed by atoms with van der Waals surface area (Å²) in [6, 6.07) is 0. The van der Waals surface area contributed by atoms with E-state index >= 15 is 0 Å². The quantitative estimate of drug-likeness (QED) is 0.875. The van der Waals surface area contributed by atoms with Crippen LogP contribution in [-0.2, 0) is 16.6 Å². The molecule has 0 aromatic carbocycles. The molecule has 4 unspecified atom stereocenters. The van der Waals surface area contributed by atoms with Crippen LogP contribution in [0.15, 0.2) is 6.20 Å². The summed E-state index contributed by atoms with van der Waals surface area (Å²) in [5, 5.41) is 16.4. The molecule has 0 saturated heterocycles. The van der Waals surface area contributed by atoms with Gasteiger partial charge < -0.3 is 10.4 Å². The first-order valence-corrected chi connectivity index (χ1v) is 7.01. The molecule has 6 nitrogen and oxygen atoms in total. The molecule has 4 atom stereocenters. The number of carbonyl (C=O) groups is 2. The fourth-order valence-electron chi connectivity index (χ4n) is 3.96. The molecule has 0 spiro atoms. The van der Waals surface area contributed by atoms with E-state index in [0.29, 0.717) is 5.69 Å². The molecule has 0 radical (unpaired) electrons. The van der Waals surface area contributed by atoms with Crippen molar-refractivity contribution in [3.8, 4) is 0 Å². The lowest BCUT2D eigenvalue weighted by Crippen LogP contribution is -2.37. The highest BCUT2D eigenvalue weighted by Gasteiger charge is 2.54. The number of aryl methyl sites for hydroxylation is 2. The number of aliphatic carboxylic acids is 1. The minimum Gasteiger partial charge on any atom is -0.481 e. The Hall–Kier alpha value is -1.85. The summed E-state index contributed by atoms with van der Waals surface area (Å²) in [6.45, 7) is 1.82. The molecule has 108 valence electrons. The Morgan fingerprint density at radius 3 is 2.55 bits per heavy atom. The third-order valence-corrected chi connectivity index (χ3v) is 4.78. The lowest BCUT2D eigenvalue weighted by molar-refractivity contribution is -0.148. The summed E-state index contributed by atoms with van der Waals surface area (Å²) in [5.41, 5.74) is 1.42. The predicted octanol–water partition coefficient (Wildman–Crippen LogP) is 1.41. The van der Waals surface area contributed by atoms with Gasteiger partial charge in [-0.25, -0.2) is 0 Å². The molecular formula is C14H19N3O3. The van der Waals surface area contributed by atoms with Crippen molar-refractivity contribution < 1.29 is 14.7 Å². The number of carbonyl (C=O) groups excluding carboxylic acids is 1. The van der Waals surface area contributed by atoms with Gasteiger partial charge in [0.25, 0.3) is 0 Å². The van der Waals surface area contributed by atoms with Crippen molar-refractivity contribution in [1.29, 1.82) is 0 Å². The second-order valence-electron chi connectivity index (χ2n) is 6.01. The average Bonchev–Trinajstić information content (AvgIpc) is 3.03. The number of nitrogens with zero attached hydrogens (tertiary/aromatic N) is 2. The van der Waals surface area contributed by atoms with Crippen molar-refractivity contribution >= 4 is 17.6 Å². The molecule has 3 rings (SSSR count). The first-order valence-electron chi connectivity index (χ1n) is 7.01. The van der Waals surface area contributed by atoms with E-state index in [0.717, 1.165) is 25.0 Å². The zero-order valence-corrected chi connectivity index (χ0v) is 11.7. The highest BCUT2D eigenvalue weighted by Crippen LogP contribution is 2.52. The Labute approximate surface area is 117 Å². The highest BCUT2D eigenvalue weighted by molar-refractivity contribution is 5.96. The van der Waals surface area contributed by atoms with Gasteiger partial charge in [0.05, 0.1) is 23.2 Å². The number of fused-ring (bicyclic) bond motifs is 2. The van der Waals surface area contributed by atoms with Crippen LogP contribution in [0, 0.1) is 30.6 Å². The van der Waals surface area contributed by atoms with E-state index in [1.165, 1.54) is 0 Å². The molecular weight excluding hydrogens is 258 g/mol. The SMILES string of the molecule is Cc1nn(C)cc1NC(=O)C1C2CCC(C2)C1C(=O)O. The van der Waals surface area contributed by atoms with E-state index in [1.807, 2.05) is 6.92 Å². The van der Waals surface area contributed by atoms with Gasteiger partial charge in [0.1, 0.15) is 0 Å². The van der Waals surface area contributed by atoms with Crippen LogP contribution in [0.2, 0.25) is 0 Å². The number of carboxylic acid groups (broad SMARTS) is 1. The lowest BCUT2D eigenvalue weighted by Gasteiger charge is -2.26. The molecule has 2 bridgehead atoms. The third kappa shape index (κ3) is 1.99. The summed E-state index contributed by atoms with van der Waals surface area (Å²) in [4.78, 5) is 23.9. The fraction of sp³-hybridized carbons (Fsp3) is 0.643. The van der Waals surface area contributed by atoms with Crippen molar-refractivity contribution in [3.05, 3.63) is 11.9 Å². The van der Waals surface area contributed by atoms with Crippen molar-refractivity contribution in [1.82, 2.24) is 9.78 Å². The van der Waals surface area contributed by atoms with Gasteiger partial charge in [0, 0.05) is 13.2 Å². The molecule has 0 aliphatic heterocycles. The average molecular weight is 277 g/mol. The number of hydrogen-bond donors (Lipinski definition) is 2. The van der Waals surface area contributed by atoms with Crippen molar-refractivity contribution in [3.63, 3.8) is 0 Å². The van der Waals surface area contributed by atoms with Crippen LogP contribution >= 0.6 is 0 Å². The molecule has 2 aliphatic carbocycles. The van der Waals surface area contributed by atoms with E-state index in [9.17, 15) is 14.7 Å². The van der Waals surface area contributed by atoms with Crippen LogP contribution < -0.4 is 5.32 Å². The van der Waals surface area contributed by atoms with Crippen LogP contribution in [0.1, 0.15) is 25.0 Å². The lowest BCUT2D eigenvalue weighted by atomic mass is 9.78. The molecule has 20 heavy (non-hydrogen) atoms. The standard InChI is InChI=1S/C14H19N3O3/c1-7-10(6-17(2)16-7)15-13(18)11-8-3-4-9(5-8)12(11)14(19)20/h6,8-9,11-12H,3-5H2,1-2H3,(H,15,18)(H,19,20). The number of anilines is 1. The van der Waals surface area contributed by atoms with Gasteiger partial charge in [-0.2, -0.15) is 5.10 Å². The van der Waals surface area contributed by atoms with Gasteiger partial charge in [-0.1, -0.05) is 0 Å². The van der Waals surface area contributed by atoms with Gasteiger partial charge >= 0.3 is 5.97 Å². The minimum absolute atomic E-state index is 0.166. The molecule has 1 aromatic heterocycles. The zero-order valence-electron chi connectivity index (χ0n) is 11.7. The van der Waals surface area contributed by atoms with Gasteiger partial charge in [-0.15, -0.1) is 0 Å². The summed E-state index contributed by atoms with van der Waals surface area (Å²) in [7, 11) is 1.79. The number of carboxylic acids is 1. The first kappa shape index (κ1) is 13.1. The van der Waals surface area contributed by atoms with Gasteiger partial charge in [0.15, 0.2) is 0 Å². The predicted molar refractivity (Wildman–Crippen MR) is 72.0 cm³/mol. The Balaban J connectivity index is 1.79. The van der Waals surface area contributed by atoms with Gasteiger partial charge in [-0.3, -0.25) is 14.3 Å². The van der Waals surface area contributed by atoms with Crippen molar-refractivity contribution in [2.75, 3.05) is 5.32 Å². The van der Waals surface area contributed by atoms with Gasteiger partial charge in [0.2, 0.25) is 5.91 Å². The number of amides is 1. The number of hydrogen-bond acceptors (Lipinski definition) is 3. The molecule has 2 aliphatic rings. The Morgan fingerprint density at radius 1 is 1.35 bits per heavy atom. The second-order valence-corrected chi connectivity index (χ2v) is 6.01. The van der Waals surface area contributed by atoms with Crippen molar-refractivity contribution in [2.45, 2.75) is 26.2 Å². The van der Waals surface area contributed by atoms with E-state index in [1.54, 1.807) is 17.9 Å². The topological polar surface area (TPSA) is 84.2 Å². The largest absolute Gasteiger partial charge is 0.481 e.